The minimum absolute atomic E-state index is 0.180. The average Bonchev–Trinajstić information content (AvgIpc) is 3.41. The van der Waals surface area contributed by atoms with Crippen molar-refractivity contribution in [3.63, 3.8) is 0 Å². The lowest BCUT2D eigenvalue weighted by atomic mass is 9.85. The Balaban J connectivity index is 1.46. The summed E-state index contributed by atoms with van der Waals surface area (Å²) in [5.41, 5.74) is 0.646. The Bertz CT molecular complexity index is 1160. The normalized spacial score (nSPS) is 21.1. The van der Waals surface area contributed by atoms with Gasteiger partial charge in [0.1, 0.15) is 5.82 Å². The van der Waals surface area contributed by atoms with Crippen LogP contribution >= 0.6 is 0 Å². The van der Waals surface area contributed by atoms with Gasteiger partial charge in [-0.1, -0.05) is 6.07 Å². The first-order valence-electron chi connectivity index (χ1n) is 9.86. The number of aryl methyl sites for hydroxylation is 1. The summed E-state index contributed by atoms with van der Waals surface area (Å²) >= 11 is 0. The van der Waals surface area contributed by atoms with Gasteiger partial charge in [-0.15, -0.1) is 0 Å². The van der Waals surface area contributed by atoms with Crippen LogP contribution in [0.5, 0.6) is 0 Å². The van der Waals surface area contributed by atoms with E-state index in [4.69, 9.17) is 0 Å². The van der Waals surface area contributed by atoms with Crippen molar-refractivity contribution in [1.82, 2.24) is 34.0 Å². The third-order valence-corrected chi connectivity index (χ3v) is 6.06. The molecule has 5 heterocycles. The molecule has 1 saturated heterocycles. The number of aromatic nitrogens is 6. The summed E-state index contributed by atoms with van der Waals surface area (Å²) in [6, 6.07) is 5.52. The molecule has 1 spiro atoms. The monoisotopic (exact) mass is 393 g/mol. The molecule has 29 heavy (non-hydrogen) atoms. The molecule has 1 unspecified atom stereocenters. The topological polar surface area (TPSA) is 90.8 Å². The van der Waals surface area contributed by atoms with Gasteiger partial charge in [-0.3, -0.25) is 28.7 Å². The molecular formula is C20H23N7O2. The maximum absolute atomic E-state index is 12.7. The van der Waals surface area contributed by atoms with Crippen LogP contribution in [0, 0.1) is 0 Å². The predicted octanol–water partition coefficient (Wildman–Crippen LogP) is 0.129. The number of nitrogens with zero attached hydrogens (tertiary/aromatic N) is 7. The molecule has 3 aromatic heterocycles. The van der Waals surface area contributed by atoms with Gasteiger partial charge in [0.25, 0.3) is 0 Å². The molecule has 2 aliphatic heterocycles. The van der Waals surface area contributed by atoms with Crippen molar-refractivity contribution in [1.29, 1.82) is 0 Å². The van der Waals surface area contributed by atoms with E-state index in [2.05, 4.69) is 20.1 Å². The molecule has 2 aliphatic rings. The third kappa shape index (κ3) is 3.11. The Morgan fingerprint density at radius 2 is 1.97 bits per heavy atom. The highest BCUT2D eigenvalue weighted by atomic mass is 16.2. The number of hydrogen-bond donors (Lipinski definition) is 0. The Morgan fingerprint density at radius 3 is 2.72 bits per heavy atom. The molecule has 1 fully saturated rings. The molecule has 0 aromatic carbocycles. The van der Waals surface area contributed by atoms with Gasteiger partial charge in [0.05, 0.1) is 18.4 Å². The van der Waals surface area contributed by atoms with E-state index < -0.39 is 11.1 Å². The summed E-state index contributed by atoms with van der Waals surface area (Å²) in [6.07, 6.45) is 7.37. The fraction of sp³-hybridized carbons (Fsp3) is 0.450. The van der Waals surface area contributed by atoms with Crippen LogP contribution in [-0.4, -0.2) is 47.1 Å². The lowest BCUT2D eigenvalue weighted by molar-refractivity contribution is 0.298. The first kappa shape index (κ1) is 18.0. The zero-order valence-corrected chi connectivity index (χ0v) is 16.4. The van der Waals surface area contributed by atoms with Crippen molar-refractivity contribution in [3.8, 4) is 0 Å². The molecular weight excluding hydrogens is 370 g/mol. The van der Waals surface area contributed by atoms with E-state index in [0.29, 0.717) is 12.2 Å². The number of fused-ring (bicyclic) bond motifs is 2. The Kier molecular flexibility index (Phi) is 4.20. The van der Waals surface area contributed by atoms with Crippen molar-refractivity contribution in [2.45, 2.75) is 37.9 Å². The highest BCUT2D eigenvalue weighted by Gasteiger charge is 2.47. The van der Waals surface area contributed by atoms with Gasteiger partial charge in [-0.25, -0.2) is 4.68 Å². The van der Waals surface area contributed by atoms with Crippen LogP contribution in [0.4, 0.5) is 0 Å². The van der Waals surface area contributed by atoms with E-state index in [9.17, 15) is 9.59 Å². The zero-order valence-electron chi connectivity index (χ0n) is 16.4. The summed E-state index contributed by atoms with van der Waals surface area (Å²) < 4.78 is 4.68. The second-order valence-electron chi connectivity index (χ2n) is 8.08. The molecule has 0 amide bonds. The van der Waals surface area contributed by atoms with Crippen molar-refractivity contribution >= 4 is 0 Å². The van der Waals surface area contributed by atoms with E-state index in [1.165, 1.54) is 10.2 Å². The van der Waals surface area contributed by atoms with Crippen LogP contribution in [0.2, 0.25) is 0 Å². The Morgan fingerprint density at radius 1 is 1.10 bits per heavy atom. The van der Waals surface area contributed by atoms with Crippen LogP contribution < -0.4 is 11.1 Å². The van der Waals surface area contributed by atoms with E-state index >= 15 is 0 Å². The summed E-state index contributed by atoms with van der Waals surface area (Å²) in [6.45, 7) is 3.35. The minimum Gasteiger partial charge on any atom is -0.298 e. The van der Waals surface area contributed by atoms with E-state index in [1.807, 2.05) is 42.3 Å². The number of pyridine rings is 1. The van der Waals surface area contributed by atoms with Crippen LogP contribution in [0.15, 0.2) is 46.4 Å². The highest BCUT2D eigenvalue weighted by Crippen LogP contribution is 2.40. The van der Waals surface area contributed by atoms with Crippen molar-refractivity contribution in [3.05, 3.63) is 74.6 Å². The van der Waals surface area contributed by atoms with Gasteiger partial charge in [-0.05, 0) is 31.5 Å². The van der Waals surface area contributed by atoms with Crippen molar-refractivity contribution in [2.24, 2.45) is 7.05 Å². The fourth-order valence-corrected chi connectivity index (χ4v) is 4.62. The fourth-order valence-electron chi connectivity index (χ4n) is 4.62. The maximum atomic E-state index is 12.7. The van der Waals surface area contributed by atoms with Crippen LogP contribution in [0.3, 0.4) is 0 Å². The second kappa shape index (κ2) is 6.77. The first-order chi connectivity index (χ1) is 14.0. The Labute approximate surface area is 167 Å². The van der Waals surface area contributed by atoms with E-state index in [-0.39, 0.29) is 12.0 Å². The highest BCUT2D eigenvalue weighted by molar-refractivity contribution is 5.19. The van der Waals surface area contributed by atoms with Crippen LogP contribution in [-0.2, 0) is 32.1 Å². The predicted molar refractivity (Wildman–Crippen MR) is 105 cm³/mol. The standard InChI is InChI=1S/C20H23N7O2/c1-24-11-15(10-22-24)12-25-8-5-20(14-25)6-9-26-17(28)18(29)27(23-19(20)26)13-16-4-2-3-7-21-16/h2-4,7,10-11H,5-6,8-9,12-14H2,1H3. The smallest absolute Gasteiger partial charge is 0.298 e. The molecule has 0 aliphatic carbocycles. The Hall–Kier alpha value is -3.07. The number of rotatable bonds is 4. The molecule has 9 heteroatoms. The molecule has 0 radical (unpaired) electrons. The molecule has 0 saturated carbocycles. The van der Waals surface area contributed by atoms with Gasteiger partial charge in [0, 0.05) is 50.1 Å². The number of likely N-dealkylation sites (tertiary alicyclic amines) is 1. The van der Waals surface area contributed by atoms with Gasteiger partial charge >= 0.3 is 11.1 Å². The zero-order chi connectivity index (χ0) is 20.0. The summed E-state index contributed by atoms with van der Waals surface area (Å²) in [7, 11) is 1.92. The van der Waals surface area contributed by atoms with Crippen LogP contribution in [0.1, 0.15) is 29.9 Å². The van der Waals surface area contributed by atoms with Gasteiger partial charge in [0.2, 0.25) is 0 Å². The van der Waals surface area contributed by atoms with Crippen LogP contribution in [0.25, 0.3) is 0 Å². The van der Waals surface area contributed by atoms with Crippen molar-refractivity contribution < 1.29 is 0 Å². The lowest BCUT2D eigenvalue weighted by Crippen LogP contribution is -2.45. The molecule has 9 nitrogen and oxygen atoms in total. The first-order valence-corrected chi connectivity index (χ1v) is 9.86. The average molecular weight is 393 g/mol. The molecule has 0 N–H and O–H groups in total. The summed E-state index contributed by atoms with van der Waals surface area (Å²) in [4.78, 5) is 31.9. The quantitative estimate of drug-likeness (QED) is 0.585. The number of hydrogen-bond acceptors (Lipinski definition) is 6. The van der Waals surface area contributed by atoms with Gasteiger partial charge < -0.3 is 0 Å². The van der Waals surface area contributed by atoms with E-state index in [0.717, 1.165) is 38.3 Å². The second-order valence-corrected chi connectivity index (χ2v) is 8.08. The largest absolute Gasteiger partial charge is 0.332 e. The van der Waals surface area contributed by atoms with Crippen molar-refractivity contribution in [2.75, 3.05) is 13.1 Å². The SMILES string of the molecule is Cn1cc(CN2CCC3(CCn4c3nn(Cc3ccccn3)c(=O)c4=O)C2)cn1. The summed E-state index contributed by atoms with van der Waals surface area (Å²) in [5.74, 6) is 0.742. The molecule has 3 aromatic rings. The summed E-state index contributed by atoms with van der Waals surface area (Å²) in [5, 5.41) is 8.92. The molecule has 1 atom stereocenters. The maximum Gasteiger partial charge on any atom is 0.332 e. The minimum atomic E-state index is -0.582. The lowest BCUT2D eigenvalue weighted by Gasteiger charge is -2.23. The van der Waals surface area contributed by atoms with Gasteiger partial charge in [-0.2, -0.15) is 10.2 Å². The third-order valence-electron chi connectivity index (χ3n) is 6.06. The molecule has 150 valence electrons. The molecule has 5 rings (SSSR count). The van der Waals surface area contributed by atoms with Gasteiger partial charge in [0.15, 0.2) is 0 Å². The molecule has 0 bridgehead atoms. The van der Waals surface area contributed by atoms with E-state index in [1.54, 1.807) is 10.8 Å².